The van der Waals surface area contributed by atoms with Crippen molar-refractivity contribution < 1.29 is 18.3 Å². The highest BCUT2D eigenvalue weighted by molar-refractivity contribution is 5.92. The van der Waals surface area contributed by atoms with E-state index in [0.717, 1.165) is 31.7 Å². The van der Waals surface area contributed by atoms with Gasteiger partial charge in [0.25, 0.3) is 0 Å². The highest BCUT2D eigenvalue weighted by Gasteiger charge is 2.57. The summed E-state index contributed by atoms with van der Waals surface area (Å²) in [7, 11) is 0. The molecule has 2 nitrogen and oxygen atoms in total. The summed E-state index contributed by atoms with van der Waals surface area (Å²) in [4.78, 5) is 11.8. The molecule has 0 aliphatic heterocycles. The maximum absolute atomic E-state index is 13.5. The molecule has 2 aliphatic carbocycles. The Labute approximate surface area is 104 Å². The lowest BCUT2D eigenvalue weighted by molar-refractivity contribution is -0.151. The first-order chi connectivity index (χ1) is 8.62. The van der Waals surface area contributed by atoms with Gasteiger partial charge in [-0.1, -0.05) is 12.8 Å². The van der Waals surface area contributed by atoms with Crippen LogP contribution in [0.5, 0.6) is 5.75 Å². The molecule has 2 aliphatic rings. The van der Waals surface area contributed by atoms with Crippen molar-refractivity contribution in [3.05, 3.63) is 29.8 Å². The molecule has 0 saturated heterocycles. The van der Waals surface area contributed by atoms with Gasteiger partial charge in [0.05, 0.1) is 5.41 Å². The van der Waals surface area contributed by atoms with Crippen LogP contribution in [0.2, 0.25) is 0 Å². The minimum atomic E-state index is -0.706. The minimum Gasteiger partial charge on any atom is -0.486 e. The molecule has 1 atom stereocenters. The molecule has 0 aromatic heterocycles. The van der Waals surface area contributed by atoms with Gasteiger partial charge in [0.1, 0.15) is 17.7 Å². The van der Waals surface area contributed by atoms with Gasteiger partial charge in [-0.3, -0.25) is 4.79 Å². The number of ether oxygens (including phenoxy) is 1. The summed E-state index contributed by atoms with van der Waals surface area (Å²) in [5.74, 6) is -1.06. The quantitative estimate of drug-likeness (QED) is 0.807. The Morgan fingerprint density at radius 1 is 1.22 bits per heavy atom. The maximum atomic E-state index is 13.5. The van der Waals surface area contributed by atoms with Crippen LogP contribution in [0.4, 0.5) is 8.78 Å². The van der Waals surface area contributed by atoms with Gasteiger partial charge in [0.2, 0.25) is 0 Å². The molecule has 96 valence electrons. The Bertz CT molecular complexity index is 493. The number of carbonyl (C=O) groups excluding carboxylic acids is 1. The molecule has 0 amide bonds. The van der Waals surface area contributed by atoms with Crippen LogP contribution >= 0.6 is 0 Å². The van der Waals surface area contributed by atoms with E-state index in [0.29, 0.717) is 6.42 Å². The number of ketones is 1. The largest absolute Gasteiger partial charge is 0.486 e. The van der Waals surface area contributed by atoms with Crippen molar-refractivity contribution in [1.29, 1.82) is 0 Å². The van der Waals surface area contributed by atoms with E-state index in [1.165, 1.54) is 12.1 Å². The van der Waals surface area contributed by atoms with Crippen LogP contribution in [0, 0.1) is 17.0 Å². The molecule has 18 heavy (non-hydrogen) atoms. The van der Waals surface area contributed by atoms with Crippen LogP contribution in [-0.2, 0) is 4.79 Å². The van der Waals surface area contributed by atoms with Crippen LogP contribution < -0.4 is 4.74 Å². The van der Waals surface area contributed by atoms with Crippen LogP contribution in [0.15, 0.2) is 18.2 Å². The summed E-state index contributed by atoms with van der Waals surface area (Å²) in [6.07, 6.45) is 3.82. The zero-order valence-corrected chi connectivity index (χ0v) is 9.92. The summed E-state index contributed by atoms with van der Waals surface area (Å²) >= 11 is 0. The summed E-state index contributed by atoms with van der Waals surface area (Å²) in [5.41, 5.74) is -0.388. The monoisotopic (exact) mass is 252 g/mol. The topological polar surface area (TPSA) is 26.3 Å². The van der Waals surface area contributed by atoms with E-state index < -0.39 is 11.6 Å². The predicted molar refractivity (Wildman–Crippen MR) is 61.3 cm³/mol. The van der Waals surface area contributed by atoms with Crippen molar-refractivity contribution in [2.75, 3.05) is 0 Å². The summed E-state index contributed by atoms with van der Waals surface area (Å²) < 4.78 is 31.9. The van der Waals surface area contributed by atoms with Crippen molar-refractivity contribution >= 4 is 5.78 Å². The third kappa shape index (κ3) is 1.62. The predicted octanol–water partition coefficient (Wildman–Crippen LogP) is 3.25. The van der Waals surface area contributed by atoms with Crippen LogP contribution in [0.3, 0.4) is 0 Å². The minimum absolute atomic E-state index is 0.0418. The smallest absolute Gasteiger partial charge is 0.167 e. The molecular formula is C14H14F2O2. The molecule has 0 heterocycles. The lowest BCUT2D eigenvalue weighted by Crippen LogP contribution is -2.55. The van der Waals surface area contributed by atoms with E-state index in [1.807, 2.05) is 0 Å². The standard InChI is InChI=1S/C14H14F2O2/c15-9-3-4-11(10(16)7-9)18-13-8-12(17)14(13)5-1-2-6-14/h3-4,7,13H,1-2,5-6,8H2. The first-order valence-corrected chi connectivity index (χ1v) is 6.27. The number of benzene rings is 1. The van der Waals surface area contributed by atoms with Gasteiger partial charge >= 0.3 is 0 Å². The van der Waals surface area contributed by atoms with Gasteiger partial charge in [-0.15, -0.1) is 0 Å². The lowest BCUT2D eigenvalue weighted by atomic mass is 9.63. The number of Topliss-reactive ketones (excluding diaryl/α,β-unsaturated/α-hetero) is 1. The number of carbonyl (C=O) groups is 1. The fraction of sp³-hybridized carbons (Fsp3) is 0.500. The Morgan fingerprint density at radius 3 is 2.56 bits per heavy atom. The van der Waals surface area contributed by atoms with E-state index in [-0.39, 0.29) is 23.1 Å². The van der Waals surface area contributed by atoms with Gasteiger partial charge < -0.3 is 4.74 Å². The van der Waals surface area contributed by atoms with E-state index in [9.17, 15) is 13.6 Å². The van der Waals surface area contributed by atoms with Crippen molar-refractivity contribution in [2.45, 2.75) is 38.2 Å². The average molecular weight is 252 g/mol. The van der Waals surface area contributed by atoms with Crippen molar-refractivity contribution in [1.82, 2.24) is 0 Å². The molecule has 1 unspecified atom stereocenters. The second-order valence-electron chi connectivity index (χ2n) is 5.17. The number of halogens is 2. The molecule has 3 rings (SSSR count). The molecule has 0 radical (unpaired) electrons. The van der Waals surface area contributed by atoms with Gasteiger partial charge in [0, 0.05) is 12.5 Å². The molecule has 1 spiro atoms. The second-order valence-corrected chi connectivity index (χ2v) is 5.17. The Hall–Kier alpha value is -1.45. The van der Waals surface area contributed by atoms with E-state index in [1.54, 1.807) is 0 Å². The highest BCUT2D eigenvalue weighted by atomic mass is 19.1. The first kappa shape index (κ1) is 11.6. The highest BCUT2D eigenvalue weighted by Crippen LogP contribution is 2.52. The zero-order chi connectivity index (χ0) is 12.8. The first-order valence-electron chi connectivity index (χ1n) is 6.27. The van der Waals surface area contributed by atoms with E-state index >= 15 is 0 Å². The maximum Gasteiger partial charge on any atom is 0.167 e. The number of hydrogen-bond donors (Lipinski definition) is 0. The van der Waals surface area contributed by atoms with Crippen LogP contribution in [0.1, 0.15) is 32.1 Å². The van der Waals surface area contributed by atoms with Crippen LogP contribution in [-0.4, -0.2) is 11.9 Å². The molecule has 2 fully saturated rings. The van der Waals surface area contributed by atoms with Crippen molar-refractivity contribution in [3.63, 3.8) is 0 Å². The Morgan fingerprint density at radius 2 is 1.94 bits per heavy atom. The average Bonchev–Trinajstić information content (AvgIpc) is 2.83. The summed E-state index contributed by atoms with van der Waals surface area (Å²) in [5, 5.41) is 0. The molecule has 1 aromatic carbocycles. The van der Waals surface area contributed by atoms with E-state index in [2.05, 4.69) is 0 Å². The third-order valence-corrected chi connectivity index (χ3v) is 4.20. The SMILES string of the molecule is O=C1CC(Oc2ccc(F)cc2F)C12CCCC2. The van der Waals surface area contributed by atoms with Gasteiger partial charge in [-0.2, -0.15) is 0 Å². The summed E-state index contributed by atoms with van der Waals surface area (Å²) in [6, 6.07) is 3.26. The van der Waals surface area contributed by atoms with Gasteiger partial charge in [-0.05, 0) is 25.0 Å². The lowest BCUT2D eigenvalue weighted by Gasteiger charge is -2.44. The fourth-order valence-corrected chi connectivity index (χ4v) is 3.10. The molecular weight excluding hydrogens is 238 g/mol. The molecule has 1 aromatic rings. The number of hydrogen-bond acceptors (Lipinski definition) is 2. The van der Waals surface area contributed by atoms with Gasteiger partial charge in [-0.25, -0.2) is 8.78 Å². The number of rotatable bonds is 2. The molecule has 0 N–H and O–H groups in total. The fourth-order valence-electron chi connectivity index (χ4n) is 3.10. The van der Waals surface area contributed by atoms with Gasteiger partial charge in [0.15, 0.2) is 11.6 Å². The molecule has 2 saturated carbocycles. The zero-order valence-electron chi connectivity index (χ0n) is 9.92. The molecule has 0 bridgehead atoms. The van der Waals surface area contributed by atoms with Crippen molar-refractivity contribution in [3.8, 4) is 5.75 Å². The summed E-state index contributed by atoms with van der Waals surface area (Å²) in [6.45, 7) is 0. The third-order valence-electron chi connectivity index (χ3n) is 4.20. The Balaban J connectivity index is 1.79. The van der Waals surface area contributed by atoms with Crippen LogP contribution in [0.25, 0.3) is 0 Å². The normalized spacial score (nSPS) is 25.2. The Kier molecular flexibility index (Phi) is 2.61. The van der Waals surface area contributed by atoms with Crippen molar-refractivity contribution in [2.24, 2.45) is 5.41 Å². The second kappa shape index (κ2) is 4.04. The molecule has 4 heteroatoms. The van der Waals surface area contributed by atoms with E-state index in [4.69, 9.17) is 4.74 Å².